The standard InChI is InChI=1S/C13H18N4/c1-13(2,14-3)12-16-10-5-4-8-15-11(10)17(12)9-6-7-9/h4-5,8-9,14H,6-7H2,1-3H3. The van der Waals surface area contributed by atoms with Gasteiger partial charge in [-0.05, 0) is 45.9 Å². The highest BCUT2D eigenvalue weighted by molar-refractivity contribution is 5.71. The lowest BCUT2D eigenvalue weighted by Gasteiger charge is -2.24. The Bertz CT molecular complexity index is 552. The largest absolute Gasteiger partial charge is 0.308 e. The minimum absolute atomic E-state index is 0.122. The Kier molecular flexibility index (Phi) is 2.23. The second kappa shape index (κ2) is 3.53. The molecule has 1 aliphatic carbocycles. The molecule has 0 aromatic carbocycles. The van der Waals surface area contributed by atoms with Crippen LogP contribution in [0.3, 0.4) is 0 Å². The molecule has 0 radical (unpaired) electrons. The maximum atomic E-state index is 4.75. The van der Waals surface area contributed by atoms with Crippen molar-refractivity contribution < 1.29 is 0 Å². The molecular formula is C13H18N4. The number of nitrogens with one attached hydrogen (secondary N) is 1. The van der Waals surface area contributed by atoms with Crippen LogP contribution in [0.15, 0.2) is 18.3 Å². The molecule has 3 rings (SSSR count). The van der Waals surface area contributed by atoms with E-state index < -0.39 is 0 Å². The lowest BCUT2D eigenvalue weighted by atomic mass is 10.1. The van der Waals surface area contributed by atoms with Gasteiger partial charge in [0.15, 0.2) is 5.65 Å². The number of pyridine rings is 1. The van der Waals surface area contributed by atoms with Gasteiger partial charge in [0.2, 0.25) is 0 Å². The summed E-state index contributed by atoms with van der Waals surface area (Å²) in [6, 6.07) is 4.58. The Hall–Kier alpha value is -1.42. The van der Waals surface area contributed by atoms with E-state index in [1.807, 2.05) is 25.4 Å². The maximum Gasteiger partial charge on any atom is 0.160 e. The van der Waals surface area contributed by atoms with E-state index in [9.17, 15) is 0 Å². The van der Waals surface area contributed by atoms with E-state index in [0.717, 1.165) is 17.0 Å². The molecule has 1 N–H and O–H groups in total. The van der Waals surface area contributed by atoms with Gasteiger partial charge in [-0.25, -0.2) is 9.97 Å². The number of imidazole rings is 1. The zero-order valence-corrected chi connectivity index (χ0v) is 10.6. The summed E-state index contributed by atoms with van der Waals surface area (Å²) in [5.74, 6) is 1.09. The van der Waals surface area contributed by atoms with Crippen molar-refractivity contribution in [1.29, 1.82) is 0 Å². The van der Waals surface area contributed by atoms with Crippen molar-refractivity contribution in [2.24, 2.45) is 0 Å². The molecular weight excluding hydrogens is 212 g/mol. The van der Waals surface area contributed by atoms with Crippen LogP contribution in [-0.4, -0.2) is 21.6 Å². The Labute approximate surface area is 101 Å². The topological polar surface area (TPSA) is 42.7 Å². The molecule has 0 amide bonds. The van der Waals surface area contributed by atoms with E-state index >= 15 is 0 Å². The van der Waals surface area contributed by atoms with Crippen LogP contribution in [0.25, 0.3) is 11.2 Å². The van der Waals surface area contributed by atoms with E-state index in [-0.39, 0.29) is 5.54 Å². The van der Waals surface area contributed by atoms with E-state index in [0.29, 0.717) is 6.04 Å². The van der Waals surface area contributed by atoms with Crippen molar-refractivity contribution in [3.63, 3.8) is 0 Å². The van der Waals surface area contributed by atoms with Crippen LogP contribution in [0.5, 0.6) is 0 Å². The summed E-state index contributed by atoms with van der Waals surface area (Å²) < 4.78 is 2.31. The summed E-state index contributed by atoms with van der Waals surface area (Å²) >= 11 is 0. The van der Waals surface area contributed by atoms with Gasteiger partial charge in [-0.1, -0.05) is 0 Å². The molecule has 1 saturated carbocycles. The predicted octanol–water partition coefficient (Wildman–Crippen LogP) is 2.22. The summed E-state index contributed by atoms with van der Waals surface area (Å²) in [5.41, 5.74) is 1.90. The first kappa shape index (κ1) is 10.7. The third kappa shape index (κ3) is 1.63. The molecule has 2 aromatic rings. The average molecular weight is 230 g/mol. The Balaban J connectivity index is 2.26. The lowest BCUT2D eigenvalue weighted by molar-refractivity contribution is 0.398. The number of rotatable bonds is 3. The number of fused-ring (bicyclic) bond motifs is 1. The lowest BCUT2D eigenvalue weighted by Crippen LogP contribution is -2.36. The Morgan fingerprint density at radius 1 is 1.41 bits per heavy atom. The summed E-state index contributed by atoms with van der Waals surface area (Å²) in [6.45, 7) is 4.32. The van der Waals surface area contributed by atoms with E-state index in [4.69, 9.17) is 4.98 Å². The van der Waals surface area contributed by atoms with Crippen molar-refractivity contribution in [2.45, 2.75) is 38.3 Å². The molecule has 2 heterocycles. The summed E-state index contributed by atoms with van der Waals surface area (Å²) in [5, 5.41) is 3.33. The van der Waals surface area contributed by atoms with Gasteiger partial charge in [0.25, 0.3) is 0 Å². The van der Waals surface area contributed by atoms with Crippen LogP contribution >= 0.6 is 0 Å². The molecule has 0 bridgehead atoms. The van der Waals surface area contributed by atoms with Gasteiger partial charge in [-0.3, -0.25) is 0 Å². The van der Waals surface area contributed by atoms with Crippen molar-refractivity contribution in [1.82, 2.24) is 19.9 Å². The molecule has 1 fully saturated rings. The van der Waals surface area contributed by atoms with Gasteiger partial charge in [-0.15, -0.1) is 0 Å². The molecule has 0 aliphatic heterocycles. The normalized spacial score (nSPS) is 16.6. The summed E-state index contributed by atoms with van der Waals surface area (Å²) in [6.07, 6.45) is 4.34. The average Bonchev–Trinajstić information content (AvgIpc) is 3.09. The van der Waals surface area contributed by atoms with Crippen LogP contribution in [0.4, 0.5) is 0 Å². The van der Waals surface area contributed by atoms with E-state index in [2.05, 4.69) is 28.7 Å². The van der Waals surface area contributed by atoms with E-state index in [1.54, 1.807) is 0 Å². The molecule has 17 heavy (non-hydrogen) atoms. The molecule has 2 aromatic heterocycles. The monoisotopic (exact) mass is 230 g/mol. The molecule has 0 spiro atoms. The van der Waals surface area contributed by atoms with Crippen LogP contribution < -0.4 is 5.32 Å². The van der Waals surface area contributed by atoms with Crippen molar-refractivity contribution in [3.05, 3.63) is 24.2 Å². The first-order chi connectivity index (χ1) is 8.13. The SMILES string of the molecule is CNC(C)(C)c1nc2cccnc2n1C1CC1. The highest BCUT2D eigenvalue weighted by Gasteiger charge is 2.34. The third-order valence-electron chi connectivity index (χ3n) is 3.54. The number of aromatic nitrogens is 3. The minimum Gasteiger partial charge on any atom is -0.308 e. The highest BCUT2D eigenvalue weighted by atomic mass is 15.2. The zero-order chi connectivity index (χ0) is 12.0. The number of nitrogens with zero attached hydrogens (tertiary/aromatic N) is 3. The highest BCUT2D eigenvalue weighted by Crippen LogP contribution is 2.40. The van der Waals surface area contributed by atoms with Gasteiger partial charge >= 0.3 is 0 Å². The first-order valence-corrected chi connectivity index (χ1v) is 6.16. The van der Waals surface area contributed by atoms with E-state index in [1.165, 1.54) is 12.8 Å². The molecule has 90 valence electrons. The molecule has 4 nitrogen and oxygen atoms in total. The maximum absolute atomic E-state index is 4.75. The molecule has 1 aliphatic rings. The second-order valence-corrected chi connectivity index (χ2v) is 5.26. The minimum atomic E-state index is -0.122. The Morgan fingerprint density at radius 3 is 2.82 bits per heavy atom. The van der Waals surface area contributed by atoms with Gasteiger partial charge in [-0.2, -0.15) is 0 Å². The number of hydrogen-bond donors (Lipinski definition) is 1. The molecule has 0 saturated heterocycles. The second-order valence-electron chi connectivity index (χ2n) is 5.26. The molecule has 0 atom stereocenters. The first-order valence-electron chi connectivity index (χ1n) is 6.16. The van der Waals surface area contributed by atoms with Crippen LogP contribution in [0.2, 0.25) is 0 Å². The summed E-state index contributed by atoms with van der Waals surface area (Å²) in [4.78, 5) is 9.24. The fraction of sp³-hybridized carbons (Fsp3) is 0.538. The fourth-order valence-corrected chi connectivity index (χ4v) is 2.16. The van der Waals surface area contributed by atoms with Crippen LogP contribution in [-0.2, 0) is 5.54 Å². The van der Waals surface area contributed by atoms with Crippen molar-refractivity contribution >= 4 is 11.2 Å². The zero-order valence-electron chi connectivity index (χ0n) is 10.6. The number of hydrogen-bond acceptors (Lipinski definition) is 3. The predicted molar refractivity (Wildman–Crippen MR) is 67.9 cm³/mol. The van der Waals surface area contributed by atoms with Gasteiger partial charge < -0.3 is 9.88 Å². The smallest absolute Gasteiger partial charge is 0.160 e. The van der Waals surface area contributed by atoms with Crippen LogP contribution in [0.1, 0.15) is 38.6 Å². The van der Waals surface area contributed by atoms with Gasteiger partial charge in [0.1, 0.15) is 11.3 Å². The van der Waals surface area contributed by atoms with Crippen molar-refractivity contribution in [3.8, 4) is 0 Å². The van der Waals surface area contributed by atoms with Gasteiger partial charge in [0.05, 0.1) is 5.54 Å². The molecule has 4 heteroatoms. The Morgan fingerprint density at radius 2 is 2.18 bits per heavy atom. The third-order valence-corrected chi connectivity index (χ3v) is 3.54. The van der Waals surface area contributed by atoms with Gasteiger partial charge in [0, 0.05) is 12.2 Å². The summed E-state index contributed by atoms with van der Waals surface area (Å²) in [7, 11) is 1.98. The quantitative estimate of drug-likeness (QED) is 0.879. The van der Waals surface area contributed by atoms with Crippen LogP contribution in [0, 0.1) is 0 Å². The van der Waals surface area contributed by atoms with Crippen molar-refractivity contribution in [2.75, 3.05) is 7.05 Å². The molecule has 0 unspecified atom stereocenters. The fourth-order valence-electron chi connectivity index (χ4n) is 2.16.